The Labute approximate surface area is 140 Å². The van der Waals surface area contributed by atoms with Gasteiger partial charge in [0.25, 0.3) is 11.7 Å². The Bertz CT molecular complexity index is 921. The average Bonchev–Trinajstić information content (AvgIpc) is 2.80. The van der Waals surface area contributed by atoms with Gasteiger partial charge in [0.1, 0.15) is 0 Å². The number of carbonyl (C=O) groups excluding carboxylic acids is 2. The maximum atomic E-state index is 12.3. The SMILES string of the molecule is CN(C)S(=O)(=O)c1ccc2c(c1)C(=O)C(=O)N2Cc1ccccc1. The molecule has 0 aliphatic carbocycles. The molecule has 0 radical (unpaired) electrons. The van der Waals surface area contributed by atoms with E-state index >= 15 is 0 Å². The Morgan fingerprint density at radius 3 is 2.29 bits per heavy atom. The van der Waals surface area contributed by atoms with Gasteiger partial charge in [-0.25, -0.2) is 12.7 Å². The maximum Gasteiger partial charge on any atom is 0.299 e. The molecule has 0 spiro atoms. The molecule has 0 atom stereocenters. The lowest BCUT2D eigenvalue weighted by Gasteiger charge is -2.17. The first-order valence-corrected chi connectivity index (χ1v) is 8.73. The van der Waals surface area contributed by atoms with E-state index in [4.69, 9.17) is 0 Å². The van der Waals surface area contributed by atoms with Gasteiger partial charge < -0.3 is 4.90 Å². The number of sulfonamides is 1. The zero-order valence-electron chi connectivity index (χ0n) is 13.3. The molecule has 1 aliphatic rings. The molecule has 0 aromatic heterocycles. The molecule has 0 N–H and O–H groups in total. The van der Waals surface area contributed by atoms with Gasteiger partial charge in [0.15, 0.2) is 0 Å². The number of ketones is 1. The first-order valence-electron chi connectivity index (χ1n) is 7.29. The van der Waals surface area contributed by atoms with Crippen LogP contribution in [-0.2, 0) is 21.4 Å². The minimum Gasteiger partial charge on any atom is -0.300 e. The van der Waals surface area contributed by atoms with E-state index < -0.39 is 21.7 Å². The lowest BCUT2D eigenvalue weighted by Crippen LogP contribution is -2.29. The van der Waals surface area contributed by atoms with Crippen molar-refractivity contribution in [2.24, 2.45) is 0 Å². The molecule has 1 heterocycles. The Balaban J connectivity index is 2.03. The standard InChI is InChI=1S/C17H16N2O4S/c1-18(2)24(22,23)13-8-9-15-14(10-13)16(20)17(21)19(15)11-12-6-4-3-5-7-12/h3-10H,11H2,1-2H3. The first-order chi connectivity index (χ1) is 11.3. The van der Waals surface area contributed by atoms with E-state index in [1.165, 1.54) is 37.2 Å². The minimum atomic E-state index is -3.66. The van der Waals surface area contributed by atoms with E-state index in [0.717, 1.165) is 9.87 Å². The van der Waals surface area contributed by atoms with Gasteiger partial charge in [-0.05, 0) is 23.8 Å². The van der Waals surface area contributed by atoms with E-state index in [1.807, 2.05) is 30.3 Å². The van der Waals surface area contributed by atoms with Crippen LogP contribution >= 0.6 is 0 Å². The molecular formula is C17H16N2O4S. The second kappa shape index (κ2) is 5.85. The van der Waals surface area contributed by atoms with Crippen molar-refractivity contribution in [1.82, 2.24) is 4.31 Å². The van der Waals surface area contributed by atoms with Crippen molar-refractivity contribution < 1.29 is 18.0 Å². The summed E-state index contributed by atoms with van der Waals surface area (Å²) in [6.45, 7) is 0.262. The largest absolute Gasteiger partial charge is 0.300 e. The van der Waals surface area contributed by atoms with E-state index in [1.54, 1.807) is 0 Å². The molecule has 124 valence electrons. The Kier molecular flexibility index (Phi) is 3.98. The highest BCUT2D eigenvalue weighted by Crippen LogP contribution is 2.32. The van der Waals surface area contributed by atoms with Gasteiger partial charge in [-0.15, -0.1) is 0 Å². The number of carbonyl (C=O) groups is 2. The van der Waals surface area contributed by atoms with Gasteiger partial charge in [-0.3, -0.25) is 9.59 Å². The predicted octanol–water partition coefficient (Wildman–Crippen LogP) is 1.67. The molecule has 6 nitrogen and oxygen atoms in total. The van der Waals surface area contributed by atoms with Crippen LogP contribution < -0.4 is 4.90 Å². The van der Waals surface area contributed by atoms with E-state index in [9.17, 15) is 18.0 Å². The summed E-state index contributed by atoms with van der Waals surface area (Å²) >= 11 is 0. The highest BCUT2D eigenvalue weighted by Gasteiger charge is 2.37. The summed E-state index contributed by atoms with van der Waals surface area (Å²) in [5.41, 5.74) is 1.45. The molecule has 24 heavy (non-hydrogen) atoms. The molecule has 0 fully saturated rings. The van der Waals surface area contributed by atoms with Crippen LogP contribution in [0, 0.1) is 0 Å². The number of hydrogen-bond acceptors (Lipinski definition) is 4. The van der Waals surface area contributed by atoms with Gasteiger partial charge in [0.2, 0.25) is 10.0 Å². The second-order valence-electron chi connectivity index (χ2n) is 5.67. The summed E-state index contributed by atoms with van der Waals surface area (Å²) in [6, 6.07) is 13.5. The fourth-order valence-corrected chi connectivity index (χ4v) is 3.50. The van der Waals surface area contributed by atoms with Crippen LogP contribution in [-0.4, -0.2) is 38.5 Å². The van der Waals surface area contributed by atoms with Crippen molar-refractivity contribution in [2.75, 3.05) is 19.0 Å². The highest BCUT2D eigenvalue weighted by molar-refractivity contribution is 7.89. The van der Waals surface area contributed by atoms with Gasteiger partial charge >= 0.3 is 0 Å². The number of fused-ring (bicyclic) bond motifs is 1. The van der Waals surface area contributed by atoms with Crippen LogP contribution in [0.3, 0.4) is 0 Å². The molecule has 3 rings (SSSR count). The molecule has 0 saturated heterocycles. The van der Waals surface area contributed by atoms with Gasteiger partial charge in [0, 0.05) is 14.1 Å². The molecule has 2 aromatic carbocycles. The van der Waals surface area contributed by atoms with Crippen LogP contribution in [0.25, 0.3) is 0 Å². The lowest BCUT2D eigenvalue weighted by atomic mass is 10.1. The summed E-state index contributed by atoms with van der Waals surface area (Å²) < 4.78 is 25.5. The average molecular weight is 344 g/mol. The van der Waals surface area contributed by atoms with Crippen LogP contribution in [0.1, 0.15) is 15.9 Å². The van der Waals surface area contributed by atoms with E-state index in [-0.39, 0.29) is 17.0 Å². The topological polar surface area (TPSA) is 74.8 Å². The molecule has 0 saturated carbocycles. The summed E-state index contributed by atoms with van der Waals surface area (Å²) in [6.07, 6.45) is 0. The van der Waals surface area contributed by atoms with Crippen LogP contribution in [0.4, 0.5) is 5.69 Å². The minimum absolute atomic E-state index is 0.00559. The molecule has 0 unspecified atom stereocenters. The lowest BCUT2D eigenvalue weighted by molar-refractivity contribution is -0.114. The summed E-state index contributed by atoms with van der Waals surface area (Å²) in [5.74, 6) is -1.33. The van der Waals surface area contributed by atoms with Crippen LogP contribution in [0.15, 0.2) is 53.4 Å². The van der Waals surface area contributed by atoms with Crippen molar-refractivity contribution in [3.8, 4) is 0 Å². The number of anilines is 1. The molecule has 2 aromatic rings. The highest BCUT2D eigenvalue weighted by atomic mass is 32.2. The smallest absolute Gasteiger partial charge is 0.299 e. The number of rotatable bonds is 4. The van der Waals surface area contributed by atoms with Gasteiger partial charge in [0.05, 0.1) is 22.7 Å². The zero-order chi connectivity index (χ0) is 17.5. The monoisotopic (exact) mass is 344 g/mol. The van der Waals surface area contributed by atoms with Gasteiger partial charge in [-0.1, -0.05) is 30.3 Å². The van der Waals surface area contributed by atoms with Crippen molar-refractivity contribution >= 4 is 27.4 Å². The van der Waals surface area contributed by atoms with E-state index in [0.29, 0.717) is 5.69 Å². The number of benzene rings is 2. The molecule has 1 amide bonds. The fourth-order valence-electron chi connectivity index (χ4n) is 2.57. The molecule has 0 bridgehead atoms. The number of hydrogen-bond donors (Lipinski definition) is 0. The second-order valence-corrected chi connectivity index (χ2v) is 7.82. The predicted molar refractivity (Wildman–Crippen MR) is 89.3 cm³/mol. The van der Waals surface area contributed by atoms with Crippen molar-refractivity contribution in [1.29, 1.82) is 0 Å². The summed E-state index contributed by atoms with van der Waals surface area (Å²) in [4.78, 5) is 25.9. The fraction of sp³-hybridized carbons (Fsp3) is 0.176. The Hall–Kier alpha value is -2.51. The van der Waals surface area contributed by atoms with Crippen LogP contribution in [0.5, 0.6) is 0 Å². The third-order valence-corrected chi connectivity index (χ3v) is 5.72. The Morgan fingerprint density at radius 1 is 1.00 bits per heavy atom. The van der Waals surface area contributed by atoms with Crippen molar-refractivity contribution in [3.05, 3.63) is 59.7 Å². The quantitative estimate of drug-likeness (QED) is 0.791. The maximum absolute atomic E-state index is 12.3. The summed E-state index contributed by atoms with van der Waals surface area (Å²) in [5, 5.41) is 0. The van der Waals surface area contributed by atoms with Gasteiger partial charge in [-0.2, -0.15) is 0 Å². The third-order valence-electron chi connectivity index (χ3n) is 3.90. The Morgan fingerprint density at radius 2 is 1.67 bits per heavy atom. The van der Waals surface area contributed by atoms with Crippen molar-refractivity contribution in [3.63, 3.8) is 0 Å². The number of Topliss-reactive ketones (excluding diaryl/α,β-unsaturated/α-hetero) is 1. The van der Waals surface area contributed by atoms with Crippen LogP contribution in [0.2, 0.25) is 0 Å². The first kappa shape index (κ1) is 16.4. The number of amides is 1. The van der Waals surface area contributed by atoms with Crippen molar-refractivity contribution in [2.45, 2.75) is 11.4 Å². The molecule has 7 heteroatoms. The third kappa shape index (κ3) is 2.61. The molecule has 1 aliphatic heterocycles. The van der Waals surface area contributed by atoms with E-state index in [2.05, 4.69) is 0 Å². The number of nitrogens with zero attached hydrogens (tertiary/aromatic N) is 2. The molecular weight excluding hydrogens is 328 g/mol. The normalized spacial score (nSPS) is 14.4. The summed E-state index contributed by atoms with van der Waals surface area (Å²) in [7, 11) is -0.837. The zero-order valence-corrected chi connectivity index (χ0v) is 14.1.